The average Bonchev–Trinajstić information content (AvgIpc) is 2.03. The van der Waals surface area contributed by atoms with E-state index in [2.05, 4.69) is 6.92 Å². The van der Waals surface area contributed by atoms with Crippen LogP contribution in [0.15, 0.2) is 30.3 Å². The fourth-order valence-electron chi connectivity index (χ4n) is 0.867. The number of allylic oxidation sites excluding steroid dienone is 1. The van der Waals surface area contributed by atoms with Gasteiger partial charge in [0.2, 0.25) is 0 Å². The van der Waals surface area contributed by atoms with Gasteiger partial charge in [0, 0.05) is 6.92 Å². The van der Waals surface area contributed by atoms with Gasteiger partial charge in [-0.3, -0.25) is 4.79 Å². The molecule has 1 rings (SSSR count). The third-order valence-corrected chi connectivity index (χ3v) is 1.54. The number of hydrogen-bond donors (Lipinski definition) is 0. The molecule has 0 bridgehead atoms. The van der Waals surface area contributed by atoms with Crippen LogP contribution in [0.2, 0.25) is 0 Å². The summed E-state index contributed by atoms with van der Waals surface area (Å²) in [6, 6.07) is 7.95. The van der Waals surface area contributed by atoms with Gasteiger partial charge in [0.15, 0.2) is 5.78 Å². The molecule has 0 aliphatic rings. The number of aryl methyl sites for hydroxylation is 1. The Bertz CT molecular complexity index is 293. The van der Waals surface area contributed by atoms with E-state index in [0.717, 1.165) is 5.56 Å². The molecule has 0 unspecified atom stereocenters. The number of carbonyl (C=O) groups is 1. The molecule has 61 valence electrons. The Hall–Kier alpha value is -1.37. The molecule has 0 fully saturated rings. The first-order valence-corrected chi connectivity index (χ1v) is 3.79. The maximum Gasteiger partial charge on any atom is 0.156 e. The minimum absolute atomic E-state index is 0.171. The molecule has 0 saturated carbocycles. The monoisotopic (exact) mass is 159 g/mol. The van der Waals surface area contributed by atoms with E-state index in [-0.39, 0.29) is 5.78 Å². The van der Waals surface area contributed by atoms with Crippen molar-refractivity contribution in [2.45, 2.75) is 6.92 Å². The van der Waals surface area contributed by atoms with Gasteiger partial charge in [-0.25, -0.2) is 0 Å². The van der Waals surface area contributed by atoms with E-state index < -0.39 is 0 Å². The van der Waals surface area contributed by atoms with Gasteiger partial charge < -0.3 is 0 Å². The minimum Gasteiger partial charge on any atom is -0.295 e. The van der Waals surface area contributed by atoms with Crippen LogP contribution in [0.5, 0.6) is 0 Å². The zero-order valence-electron chi connectivity index (χ0n) is 7.08. The van der Waals surface area contributed by atoms with Crippen LogP contribution in [-0.4, -0.2) is 5.78 Å². The van der Waals surface area contributed by atoms with E-state index in [4.69, 9.17) is 0 Å². The molecule has 1 nitrogen and oxygen atoms in total. The Morgan fingerprint density at radius 1 is 1.33 bits per heavy atom. The highest BCUT2D eigenvalue weighted by Crippen LogP contribution is 2.04. The number of benzene rings is 1. The first kappa shape index (κ1) is 8.72. The van der Waals surface area contributed by atoms with E-state index in [1.807, 2.05) is 31.2 Å². The molecule has 0 heterocycles. The van der Waals surface area contributed by atoms with Gasteiger partial charge in [0.05, 0.1) is 0 Å². The Kier molecular flexibility index (Phi) is 2.81. The fourth-order valence-corrected chi connectivity index (χ4v) is 0.867. The standard InChI is InChI=1S/C11H11O/c1-9-3-6-11(7-4-9)8-5-10(2)12/h3-8H,2H2,1H3/b8-5+. The van der Waals surface area contributed by atoms with Gasteiger partial charge in [-0.1, -0.05) is 35.9 Å². The first-order chi connectivity index (χ1) is 5.68. The fraction of sp³-hybridized carbons (Fsp3) is 0.0909. The van der Waals surface area contributed by atoms with Gasteiger partial charge in [-0.15, -0.1) is 0 Å². The van der Waals surface area contributed by atoms with Crippen molar-refractivity contribution in [2.24, 2.45) is 0 Å². The van der Waals surface area contributed by atoms with Gasteiger partial charge in [-0.2, -0.15) is 0 Å². The Morgan fingerprint density at radius 3 is 2.42 bits per heavy atom. The number of rotatable bonds is 2. The van der Waals surface area contributed by atoms with Crippen molar-refractivity contribution in [2.75, 3.05) is 0 Å². The summed E-state index contributed by atoms with van der Waals surface area (Å²) < 4.78 is 0. The van der Waals surface area contributed by atoms with Crippen LogP contribution in [0.3, 0.4) is 0 Å². The third-order valence-electron chi connectivity index (χ3n) is 1.54. The quantitative estimate of drug-likeness (QED) is 0.605. The predicted octanol–water partition coefficient (Wildman–Crippen LogP) is 2.41. The van der Waals surface area contributed by atoms with Crippen molar-refractivity contribution in [3.05, 3.63) is 48.4 Å². The highest BCUT2D eigenvalue weighted by atomic mass is 16.1. The molecule has 0 aliphatic heterocycles. The largest absolute Gasteiger partial charge is 0.295 e. The van der Waals surface area contributed by atoms with Crippen LogP contribution in [0.4, 0.5) is 0 Å². The SMILES string of the molecule is [CH2]C(=O)/C=C/c1ccc(C)cc1. The number of ketones is 1. The lowest BCUT2D eigenvalue weighted by molar-refractivity contribution is -0.110. The minimum atomic E-state index is -0.171. The molecule has 0 saturated heterocycles. The van der Waals surface area contributed by atoms with Gasteiger partial charge in [0.25, 0.3) is 0 Å². The maximum absolute atomic E-state index is 10.5. The van der Waals surface area contributed by atoms with Gasteiger partial charge >= 0.3 is 0 Å². The Morgan fingerprint density at radius 2 is 1.92 bits per heavy atom. The molecule has 12 heavy (non-hydrogen) atoms. The summed E-state index contributed by atoms with van der Waals surface area (Å²) in [5.74, 6) is -0.171. The normalized spacial score (nSPS) is 10.5. The Balaban J connectivity index is 2.77. The molecule has 1 aromatic rings. The highest BCUT2D eigenvalue weighted by molar-refractivity contribution is 5.96. The zero-order chi connectivity index (χ0) is 8.97. The Labute approximate surface area is 72.7 Å². The van der Waals surface area contributed by atoms with Crippen molar-refractivity contribution in [3.63, 3.8) is 0 Å². The van der Waals surface area contributed by atoms with Crippen LogP contribution < -0.4 is 0 Å². The first-order valence-electron chi connectivity index (χ1n) is 3.79. The van der Waals surface area contributed by atoms with Crippen LogP contribution >= 0.6 is 0 Å². The second-order valence-corrected chi connectivity index (χ2v) is 2.71. The van der Waals surface area contributed by atoms with Crippen LogP contribution in [0, 0.1) is 13.8 Å². The molecule has 1 radical (unpaired) electrons. The summed E-state index contributed by atoms with van der Waals surface area (Å²) in [5, 5.41) is 0. The number of carbonyl (C=O) groups excluding carboxylic acids is 1. The summed E-state index contributed by atoms with van der Waals surface area (Å²) in [4.78, 5) is 10.5. The molecular formula is C11H11O. The van der Waals surface area contributed by atoms with E-state index in [1.54, 1.807) is 6.08 Å². The molecule has 0 amide bonds. The van der Waals surface area contributed by atoms with Crippen LogP contribution in [0.1, 0.15) is 11.1 Å². The van der Waals surface area contributed by atoms with E-state index in [0.29, 0.717) is 0 Å². The number of hydrogen-bond acceptors (Lipinski definition) is 1. The third kappa shape index (κ3) is 2.70. The van der Waals surface area contributed by atoms with E-state index >= 15 is 0 Å². The molecule has 0 aromatic heterocycles. The second-order valence-electron chi connectivity index (χ2n) is 2.71. The van der Waals surface area contributed by atoms with Crippen molar-refractivity contribution in [1.29, 1.82) is 0 Å². The summed E-state index contributed by atoms with van der Waals surface area (Å²) in [7, 11) is 0. The lowest BCUT2D eigenvalue weighted by Crippen LogP contribution is -1.80. The predicted molar refractivity (Wildman–Crippen MR) is 50.6 cm³/mol. The molecule has 0 atom stereocenters. The molecule has 1 aromatic carbocycles. The average molecular weight is 159 g/mol. The van der Waals surface area contributed by atoms with Crippen LogP contribution in [-0.2, 0) is 4.79 Å². The summed E-state index contributed by atoms with van der Waals surface area (Å²) in [6.07, 6.45) is 3.22. The highest BCUT2D eigenvalue weighted by Gasteiger charge is 1.86. The van der Waals surface area contributed by atoms with Crippen LogP contribution in [0.25, 0.3) is 6.08 Å². The van der Waals surface area contributed by atoms with Gasteiger partial charge in [0.1, 0.15) is 0 Å². The van der Waals surface area contributed by atoms with Crippen molar-refractivity contribution < 1.29 is 4.79 Å². The van der Waals surface area contributed by atoms with Crippen molar-refractivity contribution in [1.82, 2.24) is 0 Å². The van der Waals surface area contributed by atoms with E-state index in [1.165, 1.54) is 11.6 Å². The maximum atomic E-state index is 10.5. The molecular weight excluding hydrogens is 148 g/mol. The molecule has 1 heteroatoms. The molecule has 0 N–H and O–H groups in total. The van der Waals surface area contributed by atoms with Crippen molar-refractivity contribution >= 4 is 11.9 Å². The topological polar surface area (TPSA) is 17.1 Å². The lowest BCUT2D eigenvalue weighted by Gasteiger charge is -1.93. The smallest absolute Gasteiger partial charge is 0.156 e. The summed E-state index contributed by atoms with van der Waals surface area (Å²) in [5.41, 5.74) is 2.24. The summed E-state index contributed by atoms with van der Waals surface area (Å²) in [6.45, 7) is 5.27. The van der Waals surface area contributed by atoms with Gasteiger partial charge in [-0.05, 0) is 18.6 Å². The molecule has 0 spiro atoms. The van der Waals surface area contributed by atoms with E-state index in [9.17, 15) is 4.79 Å². The second kappa shape index (κ2) is 3.86. The zero-order valence-corrected chi connectivity index (χ0v) is 7.08. The lowest BCUT2D eigenvalue weighted by atomic mass is 10.1. The van der Waals surface area contributed by atoms with Crippen molar-refractivity contribution in [3.8, 4) is 0 Å². The molecule has 0 aliphatic carbocycles. The summed E-state index contributed by atoms with van der Waals surface area (Å²) >= 11 is 0.